The van der Waals surface area contributed by atoms with Crippen molar-refractivity contribution in [1.82, 2.24) is 15.3 Å². The highest BCUT2D eigenvalue weighted by atomic mass is 79.9. The predicted molar refractivity (Wildman–Crippen MR) is 132 cm³/mol. The van der Waals surface area contributed by atoms with E-state index in [2.05, 4.69) is 31.2 Å². The Balaban J connectivity index is 1.55. The fourth-order valence-electron chi connectivity index (χ4n) is 4.33. The van der Waals surface area contributed by atoms with Crippen LogP contribution >= 0.6 is 15.9 Å². The first-order valence-corrected chi connectivity index (χ1v) is 12.1. The standard InChI is InChI=1S/C25H26BrF2N5O2/c26-16-7-15(8-17(27)10-16)21(11-29)33-25(35)19-6-3-14(9-20(19)28)23-24(30)31-12-22(32-23)13-1-4-18(34)5-2-13/h3,6-10,12-13,18,21,34H,1-2,4-5,11,29H2,(H2,30,31)(H,33,35)/t13-,18-,21-/m1/s1. The molecule has 35 heavy (non-hydrogen) atoms. The Morgan fingerprint density at radius 1 is 1.17 bits per heavy atom. The maximum atomic E-state index is 15.0. The Bertz CT molecular complexity index is 1210. The Hall–Kier alpha value is -2.95. The molecule has 184 valence electrons. The molecule has 1 fully saturated rings. The number of carbonyl (C=O) groups excluding carboxylic acids is 1. The summed E-state index contributed by atoms with van der Waals surface area (Å²) < 4.78 is 29.3. The molecule has 0 saturated heterocycles. The van der Waals surface area contributed by atoms with Crippen LogP contribution in [0.4, 0.5) is 14.6 Å². The number of halogens is 3. The number of carbonyl (C=O) groups is 1. The first-order valence-electron chi connectivity index (χ1n) is 11.3. The number of hydrogen-bond acceptors (Lipinski definition) is 6. The van der Waals surface area contributed by atoms with Gasteiger partial charge in [0.15, 0.2) is 0 Å². The van der Waals surface area contributed by atoms with Gasteiger partial charge in [0.05, 0.1) is 29.6 Å². The molecule has 0 bridgehead atoms. The summed E-state index contributed by atoms with van der Waals surface area (Å²) in [4.78, 5) is 21.7. The van der Waals surface area contributed by atoms with Gasteiger partial charge in [-0.05, 0) is 61.6 Å². The van der Waals surface area contributed by atoms with Gasteiger partial charge in [0, 0.05) is 22.5 Å². The molecule has 4 rings (SSSR count). The SMILES string of the molecule is NC[C@@H](NC(=O)c1ccc(-c2nc([C@H]3CC[C@H](O)CC3)cnc2N)cc1F)c1cc(F)cc(Br)c1. The minimum absolute atomic E-state index is 0.00154. The maximum absolute atomic E-state index is 15.0. The van der Waals surface area contributed by atoms with E-state index in [0.29, 0.717) is 34.1 Å². The van der Waals surface area contributed by atoms with E-state index in [0.717, 1.165) is 18.5 Å². The number of nitrogen functional groups attached to an aromatic ring is 1. The van der Waals surface area contributed by atoms with Gasteiger partial charge in [-0.2, -0.15) is 0 Å². The zero-order chi connectivity index (χ0) is 25.1. The van der Waals surface area contributed by atoms with Crippen molar-refractivity contribution in [3.8, 4) is 11.3 Å². The van der Waals surface area contributed by atoms with Crippen LogP contribution < -0.4 is 16.8 Å². The Kier molecular flexibility index (Phi) is 7.73. The molecule has 3 aromatic rings. The highest BCUT2D eigenvalue weighted by Crippen LogP contribution is 2.34. The number of nitrogens with two attached hydrogens (primary N) is 2. The smallest absolute Gasteiger partial charge is 0.254 e. The molecule has 0 unspecified atom stereocenters. The molecule has 0 radical (unpaired) electrons. The van der Waals surface area contributed by atoms with E-state index in [1.165, 1.54) is 24.3 Å². The van der Waals surface area contributed by atoms with E-state index in [1.807, 2.05) is 0 Å². The van der Waals surface area contributed by atoms with Crippen LogP contribution in [0.3, 0.4) is 0 Å². The van der Waals surface area contributed by atoms with E-state index in [-0.39, 0.29) is 29.9 Å². The topological polar surface area (TPSA) is 127 Å². The van der Waals surface area contributed by atoms with Crippen molar-refractivity contribution in [1.29, 1.82) is 0 Å². The number of hydrogen-bond donors (Lipinski definition) is 4. The molecular formula is C25H26BrF2N5O2. The average Bonchev–Trinajstić information content (AvgIpc) is 2.82. The van der Waals surface area contributed by atoms with E-state index in [1.54, 1.807) is 18.3 Å². The largest absolute Gasteiger partial charge is 0.393 e. The summed E-state index contributed by atoms with van der Waals surface area (Å²) in [5, 5.41) is 12.4. The molecule has 0 aliphatic heterocycles. The van der Waals surface area contributed by atoms with Crippen LogP contribution in [0.25, 0.3) is 11.3 Å². The normalized spacial score (nSPS) is 18.8. The number of aliphatic hydroxyl groups is 1. The van der Waals surface area contributed by atoms with Gasteiger partial charge in [0.25, 0.3) is 5.91 Å². The molecule has 0 spiro atoms. The first kappa shape index (κ1) is 25.2. The second-order valence-electron chi connectivity index (χ2n) is 8.69. The molecule has 1 aromatic heterocycles. The zero-order valence-electron chi connectivity index (χ0n) is 18.8. The summed E-state index contributed by atoms with van der Waals surface area (Å²) >= 11 is 3.22. The van der Waals surface area contributed by atoms with Crippen LogP contribution in [-0.2, 0) is 0 Å². The predicted octanol–water partition coefficient (Wildman–Crippen LogP) is 4.21. The van der Waals surface area contributed by atoms with Gasteiger partial charge in [-0.15, -0.1) is 0 Å². The van der Waals surface area contributed by atoms with Crippen molar-refractivity contribution in [2.45, 2.75) is 43.7 Å². The Morgan fingerprint density at radius 2 is 1.91 bits per heavy atom. The molecule has 1 aliphatic rings. The van der Waals surface area contributed by atoms with Gasteiger partial charge < -0.3 is 21.9 Å². The van der Waals surface area contributed by atoms with Crippen LogP contribution in [-0.4, -0.2) is 33.6 Å². The van der Waals surface area contributed by atoms with Crippen LogP contribution in [0.5, 0.6) is 0 Å². The Labute approximate surface area is 210 Å². The summed E-state index contributed by atoms with van der Waals surface area (Å²) in [6.07, 6.45) is 4.30. The first-order chi connectivity index (χ1) is 16.7. The molecular weight excluding hydrogens is 520 g/mol. The fourth-order valence-corrected chi connectivity index (χ4v) is 4.81. The summed E-state index contributed by atoms with van der Waals surface area (Å²) in [5.41, 5.74) is 13.6. The molecule has 1 heterocycles. The van der Waals surface area contributed by atoms with Crippen LogP contribution in [0.2, 0.25) is 0 Å². The van der Waals surface area contributed by atoms with Gasteiger partial charge in [-0.25, -0.2) is 18.7 Å². The molecule has 1 aliphatic carbocycles. The number of rotatable bonds is 6. The van der Waals surface area contributed by atoms with Gasteiger partial charge in [-0.3, -0.25) is 4.79 Å². The average molecular weight is 546 g/mol. The van der Waals surface area contributed by atoms with Gasteiger partial charge in [0.1, 0.15) is 23.1 Å². The van der Waals surface area contributed by atoms with Crippen LogP contribution in [0.15, 0.2) is 47.1 Å². The van der Waals surface area contributed by atoms with Crippen molar-refractivity contribution in [2.75, 3.05) is 12.3 Å². The number of amides is 1. The zero-order valence-corrected chi connectivity index (χ0v) is 20.4. The minimum atomic E-state index is -0.761. The lowest BCUT2D eigenvalue weighted by Crippen LogP contribution is -2.34. The fraction of sp³-hybridized carbons (Fsp3) is 0.320. The lowest BCUT2D eigenvalue weighted by molar-refractivity contribution is 0.0933. The lowest BCUT2D eigenvalue weighted by atomic mass is 9.85. The van der Waals surface area contributed by atoms with Crippen molar-refractivity contribution in [2.24, 2.45) is 5.73 Å². The molecule has 10 heteroatoms. The lowest BCUT2D eigenvalue weighted by Gasteiger charge is -2.25. The number of nitrogens with one attached hydrogen (secondary N) is 1. The minimum Gasteiger partial charge on any atom is -0.393 e. The van der Waals surface area contributed by atoms with Crippen molar-refractivity contribution < 1.29 is 18.7 Å². The highest BCUT2D eigenvalue weighted by Gasteiger charge is 2.24. The van der Waals surface area contributed by atoms with E-state index >= 15 is 4.39 Å². The summed E-state index contributed by atoms with van der Waals surface area (Å²) in [5.74, 6) is -1.62. The monoisotopic (exact) mass is 545 g/mol. The molecule has 1 saturated carbocycles. The maximum Gasteiger partial charge on any atom is 0.254 e. The number of nitrogens with zero attached hydrogens (tertiary/aromatic N) is 2. The highest BCUT2D eigenvalue weighted by molar-refractivity contribution is 9.10. The third-order valence-corrected chi connectivity index (χ3v) is 6.71. The van der Waals surface area contributed by atoms with Crippen LogP contribution in [0, 0.1) is 11.6 Å². The summed E-state index contributed by atoms with van der Waals surface area (Å²) in [6, 6.07) is 7.59. The quantitative estimate of drug-likeness (QED) is 0.367. The van der Waals surface area contributed by atoms with Crippen molar-refractivity contribution in [3.63, 3.8) is 0 Å². The third-order valence-electron chi connectivity index (χ3n) is 6.25. The number of benzene rings is 2. The number of anilines is 1. The second-order valence-corrected chi connectivity index (χ2v) is 9.61. The molecule has 1 amide bonds. The van der Waals surface area contributed by atoms with Gasteiger partial charge >= 0.3 is 0 Å². The van der Waals surface area contributed by atoms with Crippen molar-refractivity contribution in [3.05, 3.63) is 75.5 Å². The number of aliphatic hydroxyl groups excluding tert-OH is 1. The van der Waals surface area contributed by atoms with Gasteiger partial charge in [0.2, 0.25) is 0 Å². The molecule has 1 atom stereocenters. The van der Waals surface area contributed by atoms with Gasteiger partial charge in [-0.1, -0.05) is 22.0 Å². The summed E-state index contributed by atoms with van der Waals surface area (Å²) in [7, 11) is 0. The number of aromatic nitrogens is 2. The molecule has 6 N–H and O–H groups in total. The molecule has 7 nitrogen and oxygen atoms in total. The van der Waals surface area contributed by atoms with E-state index in [9.17, 15) is 14.3 Å². The molecule has 2 aromatic carbocycles. The third kappa shape index (κ3) is 5.83. The Morgan fingerprint density at radius 3 is 2.57 bits per heavy atom. The van der Waals surface area contributed by atoms with E-state index < -0.39 is 23.6 Å². The van der Waals surface area contributed by atoms with E-state index in [4.69, 9.17) is 11.5 Å². The van der Waals surface area contributed by atoms with Crippen LogP contribution in [0.1, 0.15) is 59.3 Å². The van der Waals surface area contributed by atoms with Crippen molar-refractivity contribution >= 4 is 27.7 Å². The second kappa shape index (κ2) is 10.8. The summed E-state index contributed by atoms with van der Waals surface area (Å²) in [6.45, 7) is -0.00154.